The number of aryl methyl sites for hydroxylation is 1. The third kappa shape index (κ3) is 3.16. The molecule has 2 aromatic heterocycles. The fourth-order valence-corrected chi connectivity index (χ4v) is 3.67. The summed E-state index contributed by atoms with van der Waals surface area (Å²) in [6, 6.07) is -0.0450. The first-order valence-electron chi connectivity index (χ1n) is 7.83. The predicted octanol–water partition coefficient (Wildman–Crippen LogP) is 1.96. The van der Waals surface area contributed by atoms with Crippen LogP contribution in [0, 0.1) is 0 Å². The Kier molecular flexibility index (Phi) is 4.25. The van der Waals surface area contributed by atoms with Crippen LogP contribution in [0.5, 0.6) is 0 Å². The standard InChI is InChI=1S/C16H23N5OS/c1-16(2,3)15-19-10-12(23-15)14(22)21-8-5-17-9-11(21)13-18-6-7-20(13)4/h6-7,10-11,17H,5,8-9H2,1-4H3. The molecule has 3 heterocycles. The summed E-state index contributed by atoms with van der Waals surface area (Å²) in [7, 11) is 1.96. The van der Waals surface area contributed by atoms with E-state index >= 15 is 0 Å². The minimum Gasteiger partial charge on any atom is -0.336 e. The molecule has 124 valence electrons. The molecule has 6 nitrogen and oxygen atoms in total. The van der Waals surface area contributed by atoms with Gasteiger partial charge < -0.3 is 14.8 Å². The Hall–Kier alpha value is -1.73. The first kappa shape index (κ1) is 16.1. The fraction of sp³-hybridized carbons (Fsp3) is 0.562. The first-order valence-corrected chi connectivity index (χ1v) is 8.65. The smallest absolute Gasteiger partial charge is 0.266 e. The van der Waals surface area contributed by atoms with Gasteiger partial charge >= 0.3 is 0 Å². The van der Waals surface area contributed by atoms with Crippen molar-refractivity contribution in [2.24, 2.45) is 7.05 Å². The van der Waals surface area contributed by atoms with Gasteiger partial charge in [-0.25, -0.2) is 9.97 Å². The van der Waals surface area contributed by atoms with Crippen LogP contribution in [0.25, 0.3) is 0 Å². The van der Waals surface area contributed by atoms with E-state index in [1.165, 1.54) is 11.3 Å². The summed E-state index contributed by atoms with van der Waals surface area (Å²) in [5.74, 6) is 0.957. The second kappa shape index (κ2) is 6.05. The second-order valence-corrected chi connectivity index (χ2v) is 7.93. The van der Waals surface area contributed by atoms with E-state index in [1.54, 1.807) is 12.4 Å². The number of hydrogen-bond donors (Lipinski definition) is 1. The van der Waals surface area contributed by atoms with Crippen LogP contribution in [-0.4, -0.2) is 45.0 Å². The molecule has 1 fully saturated rings. The monoisotopic (exact) mass is 333 g/mol. The molecular formula is C16H23N5OS. The van der Waals surface area contributed by atoms with Gasteiger partial charge in [-0.05, 0) is 0 Å². The van der Waals surface area contributed by atoms with Gasteiger partial charge in [-0.2, -0.15) is 0 Å². The van der Waals surface area contributed by atoms with Crippen molar-refractivity contribution in [1.29, 1.82) is 0 Å². The highest BCUT2D eigenvalue weighted by Gasteiger charge is 2.32. The maximum atomic E-state index is 13.0. The number of rotatable bonds is 2. The molecule has 1 unspecified atom stereocenters. The van der Waals surface area contributed by atoms with Gasteiger partial charge in [0.1, 0.15) is 16.7 Å². The molecule has 1 atom stereocenters. The molecule has 0 aromatic carbocycles. The average Bonchev–Trinajstić information content (AvgIpc) is 3.15. The summed E-state index contributed by atoms with van der Waals surface area (Å²) in [6.07, 6.45) is 5.40. The lowest BCUT2D eigenvalue weighted by molar-refractivity contribution is 0.0625. The SMILES string of the molecule is Cn1ccnc1C1CNCCN1C(=O)c1cnc(C(C)(C)C)s1. The molecule has 0 radical (unpaired) electrons. The summed E-state index contributed by atoms with van der Waals surface area (Å²) in [5.41, 5.74) is -0.0360. The van der Waals surface area contributed by atoms with Gasteiger partial charge in [-0.15, -0.1) is 11.3 Å². The van der Waals surface area contributed by atoms with E-state index in [0.717, 1.165) is 23.9 Å². The zero-order valence-corrected chi connectivity index (χ0v) is 14.9. The molecule has 3 rings (SSSR count). The van der Waals surface area contributed by atoms with Crippen LogP contribution in [0.2, 0.25) is 0 Å². The topological polar surface area (TPSA) is 63.1 Å². The number of carbonyl (C=O) groups excluding carboxylic acids is 1. The average molecular weight is 333 g/mol. The van der Waals surface area contributed by atoms with Gasteiger partial charge in [0.25, 0.3) is 5.91 Å². The molecule has 1 aliphatic rings. The van der Waals surface area contributed by atoms with Gasteiger partial charge in [0.05, 0.1) is 11.2 Å². The van der Waals surface area contributed by atoms with E-state index < -0.39 is 0 Å². The molecule has 1 amide bonds. The van der Waals surface area contributed by atoms with Crippen molar-refractivity contribution in [3.05, 3.63) is 34.3 Å². The maximum absolute atomic E-state index is 13.0. The lowest BCUT2D eigenvalue weighted by Gasteiger charge is -2.35. The number of thiazole rings is 1. The van der Waals surface area contributed by atoms with Crippen molar-refractivity contribution in [1.82, 2.24) is 24.8 Å². The normalized spacial score (nSPS) is 19.1. The van der Waals surface area contributed by atoms with E-state index in [9.17, 15) is 4.79 Å². The summed E-state index contributed by atoms with van der Waals surface area (Å²) in [5, 5.41) is 4.35. The van der Waals surface area contributed by atoms with Crippen molar-refractivity contribution in [3.63, 3.8) is 0 Å². The summed E-state index contributed by atoms with van der Waals surface area (Å²) in [4.78, 5) is 24.5. The lowest BCUT2D eigenvalue weighted by Crippen LogP contribution is -2.49. The van der Waals surface area contributed by atoms with Gasteiger partial charge in [0.2, 0.25) is 0 Å². The van der Waals surface area contributed by atoms with Crippen LogP contribution in [0.4, 0.5) is 0 Å². The molecule has 0 saturated carbocycles. The maximum Gasteiger partial charge on any atom is 0.266 e. The van der Waals surface area contributed by atoms with Gasteiger partial charge in [0.15, 0.2) is 0 Å². The van der Waals surface area contributed by atoms with Crippen molar-refractivity contribution in [2.75, 3.05) is 19.6 Å². The highest BCUT2D eigenvalue weighted by atomic mass is 32.1. The molecule has 23 heavy (non-hydrogen) atoms. The summed E-state index contributed by atoms with van der Waals surface area (Å²) >= 11 is 1.50. The van der Waals surface area contributed by atoms with Gasteiger partial charge in [0, 0.05) is 44.5 Å². The lowest BCUT2D eigenvalue weighted by atomic mass is 9.98. The van der Waals surface area contributed by atoms with Crippen molar-refractivity contribution in [3.8, 4) is 0 Å². The fourth-order valence-electron chi connectivity index (χ4n) is 2.74. The number of amides is 1. The van der Waals surface area contributed by atoms with Gasteiger partial charge in [-0.1, -0.05) is 20.8 Å². The molecule has 2 aromatic rings. The quantitative estimate of drug-likeness (QED) is 0.912. The van der Waals surface area contributed by atoms with E-state index in [1.807, 2.05) is 22.7 Å². The third-order valence-corrected chi connectivity index (χ3v) is 5.43. The van der Waals surface area contributed by atoms with Crippen molar-refractivity contribution in [2.45, 2.75) is 32.2 Å². The molecule has 1 saturated heterocycles. The summed E-state index contributed by atoms with van der Waals surface area (Å²) in [6.45, 7) is 8.54. The number of hydrogen-bond acceptors (Lipinski definition) is 5. The first-order chi connectivity index (χ1) is 10.9. The third-order valence-electron chi connectivity index (χ3n) is 4.02. The minimum absolute atomic E-state index is 0.0360. The largest absolute Gasteiger partial charge is 0.336 e. The van der Waals surface area contributed by atoms with Crippen LogP contribution in [0.15, 0.2) is 18.6 Å². The summed E-state index contributed by atoms with van der Waals surface area (Å²) < 4.78 is 1.98. The van der Waals surface area contributed by atoms with Crippen LogP contribution in [-0.2, 0) is 12.5 Å². The minimum atomic E-state index is -0.0450. The van der Waals surface area contributed by atoms with E-state index in [0.29, 0.717) is 11.4 Å². The van der Waals surface area contributed by atoms with Crippen LogP contribution in [0.3, 0.4) is 0 Å². The number of nitrogens with zero attached hydrogens (tertiary/aromatic N) is 4. The predicted molar refractivity (Wildman–Crippen MR) is 90.7 cm³/mol. The van der Waals surface area contributed by atoms with Crippen molar-refractivity contribution >= 4 is 17.2 Å². The molecule has 0 aliphatic carbocycles. The number of imidazole rings is 1. The van der Waals surface area contributed by atoms with E-state index in [2.05, 4.69) is 36.1 Å². The molecule has 0 spiro atoms. The van der Waals surface area contributed by atoms with Crippen LogP contribution < -0.4 is 5.32 Å². The second-order valence-electron chi connectivity index (χ2n) is 6.89. The van der Waals surface area contributed by atoms with E-state index in [-0.39, 0.29) is 17.4 Å². The zero-order valence-electron chi connectivity index (χ0n) is 14.0. The Morgan fingerprint density at radius 3 is 2.78 bits per heavy atom. The Labute approximate surface area is 140 Å². The highest BCUT2D eigenvalue weighted by molar-refractivity contribution is 7.13. The van der Waals surface area contributed by atoms with E-state index in [4.69, 9.17) is 0 Å². The molecule has 7 heteroatoms. The molecular weight excluding hydrogens is 310 g/mol. The number of piperazine rings is 1. The van der Waals surface area contributed by atoms with Crippen LogP contribution >= 0.6 is 11.3 Å². The molecule has 0 bridgehead atoms. The Balaban J connectivity index is 1.87. The van der Waals surface area contributed by atoms with Gasteiger partial charge in [-0.3, -0.25) is 4.79 Å². The highest BCUT2D eigenvalue weighted by Crippen LogP contribution is 2.29. The number of carbonyl (C=O) groups is 1. The van der Waals surface area contributed by atoms with Crippen molar-refractivity contribution < 1.29 is 4.79 Å². The Bertz CT molecular complexity index is 699. The number of aromatic nitrogens is 3. The Morgan fingerprint density at radius 2 is 2.17 bits per heavy atom. The molecule has 1 aliphatic heterocycles. The number of nitrogens with one attached hydrogen (secondary N) is 1. The Morgan fingerprint density at radius 1 is 1.39 bits per heavy atom. The zero-order chi connectivity index (χ0) is 16.6. The van der Waals surface area contributed by atoms with Crippen LogP contribution in [0.1, 0.15) is 47.3 Å². The molecule has 1 N–H and O–H groups in total.